The Morgan fingerprint density at radius 2 is 2.12 bits per heavy atom. The topological polar surface area (TPSA) is 55.1 Å². The van der Waals surface area contributed by atoms with Crippen LogP contribution in [0.3, 0.4) is 0 Å². The Labute approximate surface area is 99.2 Å². The molecule has 0 aromatic rings. The molecule has 0 aromatic carbocycles. The van der Waals surface area contributed by atoms with E-state index < -0.39 is 0 Å². The molecule has 0 saturated heterocycles. The maximum Gasteiger partial charge on any atom is 0.220 e. The molecule has 94 valence electrons. The third-order valence-electron chi connectivity index (χ3n) is 3.89. The first-order valence-electron chi connectivity index (χ1n) is 6.58. The van der Waals surface area contributed by atoms with Gasteiger partial charge in [-0.1, -0.05) is 13.8 Å². The van der Waals surface area contributed by atoms with Crippen LogP contribution in [0.25, 0.3) is 0 Å². The van der Waals surface area contributed by atoms with Gasteiger partial charge in [0.05, 0.1) is 0 Å². The summed E-state index contributed by atoms with van der Waals surface area (Å²) in [6.07, 6.45) is 6.40. The van der Waals surface area contributed by atoms with Gasteiger partial charge in [0.2, 0.25) is 5.91 Å². The molecule has 1 amide bonds. The van der Waals surface area contributed by atoms with Gasteiger partial charge in [-0.05, 0) is 50.0 Å². The Kier molecular flexibility index (Phi) is 5.26. The van der Waals surface area contributed by atoms with Gasteiger partial charge in [0.25, 0.3) is 0 Å². The van der Waals surface area contributed by atoms with Crippen molar-refractivity contribution in [3.63, 3.8) is 0 Å². The Balaban J connectivity index is 2.07. The SMILES string of the molecule is CCC1(CNC(=O)CCC(C)CCN)CC1. The lowest BCUT2D eigenvalue weighted by Crippen LogP contribution is -2.30. The minimum Gasteiger partial charge on any atom is -0.356 e. The van der Waals surface area contributed by atoms with E-state index >= 15 is 0 Å². The summed E-state index contributed by atoms with van der Waals surface area (Å²) in [5.41, 5.74) is 5.93. The fourth-order valence-corrected chi connectivity index (χ4v) is 2.01. The van der Waals surface area contributed by atoms with E-state index in [9.17, 15) is 4.79 Å². The van der Waals surface area contributed by atoms with Crippen LogP contribution in [0.2, 0.25) is 0 Å². The molecule has 1 atom stereocenters. The van der Waals surface area contributed by atoms with Crippen LogP contribution in [0.4, 0.5) is 0 Å². The number of nitrogens with two attached hydrogens (primary N) is 1. The fraction of sp³-hybridized carbons (Fsp3) is 0.923. The van der Waals surface area contributed by atoms with Gasteiger partial charge in [0, 0.05) is 13.0 Å². The molecule has 1 rings (SSSR count). The summed E-state index contributed by atoms with van der Waals surface area (Å²) in [7, 11) is 0. The zero-order valence-corrected chi connectivity index (χ0v) is 10.7. The highest BCUT2D eigenvalue weighted by Crippen LogP contribution is 2.47. The average molecular weight is 226 g/mol. The molecule has 0 heterocycles. The molecule has 1 fully saturated rings. The minimum absolute atomic E-state index is 0.212. The predicted octanol–water partition coefficient (Wildman–Crippen LogP) is 2.06. The number of hydrogen-bond acceptors (Lipinski definition) is 2. The van der Waals surface area contributed by atoms with Crippen LogP contribution in [-0.2, 0) is 4.79 Å². The third-order valence-corrected chi connectivity index (χ3v) is 3.89. The second-order valence-corrected chi connectivity index (χ2v) is 5.35. The highest BCUT2D eigenvalue weighted by molar-refractivity contribution is 5.75. The predicted molar refractivity (Wildman–Crippen MR) is 67.0 cm³/mol. The maximum absolute atomic E-state index is 11.6. The summed E-state index contributed by atoms with van der Waals surface area (Å²) in [6, 6.07) is 0. The molecule has 0 bridgehead atoms. The lowest BCUT2D eigenvalue weighted by atomic mass is 10.0. The zero-order valence-electron chi connectivity index (χ0n) is 10.7. The monoisotopic (exact) mass is 226 g/mol. The molecule has 0 radical (unpaired) electrons. The number of carbonyl (C=O) groups is 1. The van der Waals surface area contributed by atoms with E-state index in [0.717, 1.165) is 25.9 Å². The molecular weight excluding hydrogens is 200 g/mol. The van der Waals surface area contributed by atoms with E-state index in [1.807, 2.05) is 0 Å². The van der Waals surface area contributed by atoms with Crippen LogP contribution < -0.4 is 11.1 Å². The highest BCUT2D eigenvalue weighted by Gasteiger charge is 2.40. The first-order chi connectivity index (χ1) is 7.62. The molecule has 1 aliphatic carbocycles. The Morgan fingerprint density at radius 3 is 2.62 bits per heavy atom. The van der Waals surface area contributed by atoms with Gasteiger partial charge in [-0.3, -0.25) is 4.79 Å². The molecule has 3 heteroatoms. The molecular formula is C13H26N2O. The first-order valence-corrected chi connectivity index (χ1v) is 6.58. The van der Waals surface area contributed by atoms with Crippen molar-refractivity contribution in [1.82, 2.24) is 5.32 Å². The third kappa shape index (κ3) is 4.52. The largest absolute Gasteiger partial charge is 0.356 e. The highest BCUT2D eigenvalue weighted by atomic mass is 16.1. The van der Waals surface area contributed by atoms with E-state index in [1.54, 1.807) is 0 Å². The van der Waals surface area contributed by atoms with Gasteiger partial charge in [0.1, 0.15) is 0 Å². The molecule has 3 N–H and O–H groups in total. The van der Waals surface area contributed by atoms with Crippen molar-refractivity contribution in [2.24, 2.45) is 17.1 Å². The summed E-state index contributed by atoms with van der Waals surface area (Å²) in [6.45, 7) is 5.98. The molecule has 0 spiro atoms. The summed E-state index contributed by atoms with van der Waals surface area (Å²) in [5.74, 6) is 0.778. The van der Waals surface area contributed by atoms with Crippen LogP contribution in [-0.4, -0.2) is 19.0 Å². The van der Waals surface area contributed by atoms with Crippen LogP contribution in [0.15, 0.2) is 0 Å². The Morgan fingerprint density at radius 1 is 1.44 bits per heavy atom. The number of amides is 1. The van der Waals surface area contributed by atoms with Crippen molar-refractivity contribution < 1.29 is 4.79 Å². The van der Waals surface area contributed by atoms with Gasteiger partial charge in [-0.2, -0.15) is 0 Å². The Hall–Kier alpha value is -0.570. The maximum atomic E-state index is 11.6. The van der Waals surface area contributed by atoms with E-state index in [-0.39, 0.29) is 5.91 Å². The van der Waals surface area contributed by atoms with Gasteiger partial charge in [-0.15, -0.1) is 0 Å². The van der Waals surface area contributed by atoms with Gasteiger partial charge in [0.15, 0.2) is 0 Å². The average Bonchev–Trinajstić information content (AvgIpc) is 3.05. The van der Waals surface area contributed by atoms with Crippen LogP contribution in [0.1, 0.15) is 52.4 Å². The van der Waals surface area contributed by atoms with Gasteiger partial charge in [-0.25, -0.2) is 0 Å². The lowest BCUT2D eigenvalue weighted by molar-refractivity contribution is -0.121. The van der Waals surface area contributed by atoms with Crippen LogP contribution in [0, 0.1) is 11.3 Å². The summed E-state index contributed by atoms with van der Waals surface area (Å²) >= 11 is 0. The van der Waals surface area contributed by atoms with E-state index in [0.29, 0.717) is 17.8 Å². The summed E-state index contributed by atoms with van der Waals surface area (Å²) < 4.78 is 0. The van der Waals surface area contributed by atoms with Crippen molar-refractivity contribution in [2.75, 3.05) is 13.1 Å². The van der Waals surface area contributed by atoms with Crippen LogP contribution >= 0.6 is 0 Å². The minimum atomic E-state index is 0.212. The zero-order chi connectivity index (χ0) is 12.0. The van der Waals surface area contributed by atoms with Crippen molar-refractivity contribution in [1.29, 1.82) is 0 Å². The van der Waals surface area contributed by atoms with Crippen molar-refractivity contribution in [3.8, 4) is 0 Å². The normalized spacial score (nSPS) is 19.2. The number of hydrogen-bond donors (Lipinski definition) is 2. The van der Waals surface area contributed by atoms with E-state index in [2.05, 4.69) is 19.2 Å². The van der Waals surface area contributed by atoms with Crippen molar-refractivity contribution >= 4 is 5.91 Å². The van der Waals surface area contributed by atoms with E-state index in [1.165, 1.54) is 19.3 Å². The van der Waals surface area contributed by atoms with Crippen LogP contribution in [0.5, 0.6) is 0 Å². The number of rotatable bonds is 8. The summed E-state index contributed by atoms with van der Waals surface area (Å²) in [4.78, 5) is 11.6. The molecule has 0 aliphatic heterocycles. The fourth-order valence-electron chi connectivity index (χ4n) is 2.01. The van der Waals surface area contributed by atoms with Crippen molar-refractivity contribution in [3.05, 3.63) is 0 Å². The molecule has 3 nitrogen and oxygen atoms in total. The number of nitrogens with one attached hydrogen (secondary N) is 1. The summed E-state index contributed by atoms with van der Waals surface area (Å²) in [5, 5.41) is 3.06. The molecule has 16 heavy (non-hydrogen) atoms. The smallest absolute Gasteiger partial charge is 0.220 e. The second kappa shape index (κ2) is 6.24. The van der Waals surface area contributed by atoms with Gasteiger partial charge < -0.3 is 11.1 Å². The number of carbonyl (C=O) groups excluding carboxylic acids is 1. The molecule has 0 aromatic heterocycles. The molecule has 1 saturated carbocycles. The van der Waals surface area contributed by atoms with Gasteiger partial charge >= 0.3 is 0 Å². The molecule has 1 aliphatic rings. The standard InChI is InChI=1S/C13H26N2O/c1-3-13(7-8-13)10-15-12(16)5-4-11(2)6-9-14/h11H,3-10,14H2,1-2H3,(H,15,16). The van der Waals surface area contributed by atoms with Crippen molar-refractivity contribution in [2.45, 2.75) is 52.4 Å². The Bertz CT molecular complexity index is 224. The lowest BCUT2D eigenvalue weighted by Gasteiger charge is -2.14. The second-order valence-electron chi connectivity index (χ2n) is 5.35. The molecule has 1 unspecified atom stereocenters. The quantitative estimate of drug-likeness (QED) is 0.665. The first kappa shape index (κ1) is 13.5. The van der Waals surface area contributed by atoms with E-state index in [4.69, 9.17) is 5.73 Å².